The van der Waals surface area contributed by atoms with E-state index in [1.165, 1.54) is 6.07 Å². The molecule has 16 heavy (non-hydrogen) atoms. The fourth-order valence-electron chi connectivity index (χ4n) is 1.28. The Morgan fingerprint density at radius 3 is 2.75 bits per heavy atom. The molecule has 0 fully saturated rings. The molecule has 0 bridgehead atoms. The third kappa shape index (κ3) is 2.21. The Kier molecular flexibility index (Phi) is 4.04. The van der Waals surface area contributed by atoms with Crippen molar-refractivity contribution in [2.75, 3.05) is 13.7 Å². The quantitative estimate of drug-likeness (QED) is 0.488. The molecule has 86 valence electrons. The van der Waals surface area contributed by atoms with Gasteiger partial charge in [0.05, 0.1) is 19.8 Å². The summed E-state index contributed by atoms with van der Waals surface area (Å²) >= 11 is 0. The van der Waals surface area contributed by atoms with Gasteiger partial charge >= 0.3 is 0 Å². The summed E-state index contributed by atoms with van der Waals surface area (Å²) in [6.45, 7) is -0.522. The third-order valence-electron chi connectivity index (χ3n) is 2.01. The highest BCUT2D eigenvalue weighted by Gasteiger charge is 2.19. The van der Waals surface area contributed by atoms with E-state index in [0.29, 0.717) is 0 Å². The Bertz CT molecular complexity index is 433. The van der Waals surface area contributed by atoms with Gasteiger partial charge in [0.2, 0.25) is 5.82 Å². The predicted octanol–water partition coefficient (Wildman–Crippen LogP) is 2.32. The van der Waals surface area contributed by atoms with Gasteiger partial charge in [0.1, 0.15) is 0 Å². The zero-order chi connectivity index (χ0) is 12.1. The summed E-state index contributed by atoms with van der Waals surface area (Å²) in [5.41, 5.74) is 8.35. The standard InChI is InChI=1S/C9H9F2N3O2/c1-16-9-5(7(4-15)13-14-12)2-3-6(10)8(9)11/h2-3,7,15H,4H2,1H3. The Morgan fingerprint density at radius 1 is 1.56 bits per heavy atom. The summed E-state index contributed by atoms with van der Waals surface area (Å²) in [4.78, 5) is 2.50. The number of rotatable bonds is 4. The minimum absolute atomic E-state index is 0.0988. The molecule has 1 aromatic rings. The Hall–Kier alpha value is -1.85. The topological polar surface area (TPSA) is 78.2 Å². The molecule has 5 nitrogen and oxygen atoms in total. The van der Waals surface area contributed by atoms with Crippen molar-refractivity contribution in [3.8, 4) is 5.75 Å². The molecule has 0 saturated heterocycles. The number of methoxy groups -OCH3 is 1. The van der Waals surface area contributed by atoms with Crippen molar-refractivity contribution >= 4 is 0 Å². The van der Waals surface area contributed by atoms with Gasteiger partial charge in [-0.2, -0.15) is 4.39 Å². The lowest BCUT2D eigenvalue weighted by molar-refractivity contribution is 0.262. The highest BCUT2D eigenvalue weighted by Crippen LogP contribution is 2.31. The SMILES string of the molecule is COc1c(C(CO)N=[N+]=[N-])ccc(F)c1F. The van der Waals surface area contributed by atoms with Crippen LogP contribution in [0.3, 0.4) is 0 Å². The largest absolute Gasteiger partial charge is 0.493 e. The van der Waals surface area contributed by atoms with E-state index in [2.05, 4.69) is 14.8 Å². The minimum atomic E-state index is -1.17. The van der Waals surface area contributed by atoms with Crippen LogP contribution in [0.1, 0.15) is 11.6 Å². The molecule has 0 spiro atoms. The van der Waals surface area contributed by atoms with Gasteiger partial charge in [0.25, 0.3) is 0 Å². The lowest BCUT2D eigenvalue weighted by Gasteiger charge is -2.13. The number of halogens is 2. The van der Waals surface area contributed by atoms with Crippen LogP contribution in [0.5, 0.6) is 5.75 Å². The van der Waals surface area contributed by atoms with Gasteiger partial charge in [-0.15, -0.1) is 0 Å². The first-order valence-corrected chi connectivity index (χ1v) is 4.32. The second-order valence-electron chi connectivity index (χ2n) is 2.89. The zero-order valence-corrected chi connectivity index (χ0v) is 8.39. The number of hydrogen-bond donors (Lipinski definition) is 1. The second-order valence-corrected chi connectivity index (χ2v) is 2.89. The summed E-state index contributed by atoms with van der Waals surface area (Å²) in [6, 6.07) is 1.07. The molecule has 1 atom stereocenters. The summed E-state index contributed by atoms with van der Waals surface area (Å²) in [5.74, 6) is -2.61. The summed E-state index contributed by atoms with van der Waals surface area (Å²) in [7, 11) is 1.16. The molecule has 0 radical (unpaired) electrons. The number of azide groups is 1. The molecule has 0 aliphatic heterocycles. The number of benzene rings is 1. The minimum Gasteiger partial charge on any atom is -0.493 e. The summed E-state index contributed by atoms with van der Waals surface area (Å²) in [5, 5.41) is 12.2. The van der Waals surface area contributed by atoms with Crippen LogP contribution in [-0.4, -0.2) is 18.8 Å². The zero-order valence-electron chi connectivity index (χ0n) is 8.39. The first-order chi connectivity index (χ1) is 7.65. The van der Waals surface area contributed by atoms with E-state index >= 15 is 0 Å². The Morgan fingerprint density at radius 2 is 2.25 bits per heavy atom. The molecule has 0 heterocycles. The van der Waals surface area contributed by atoms with Crippen molar-refractivity contribution in [1.82, 2.24) is 0 Å². The summed E-state index contributed by atoms with van der Waals surface area (Å²) in [6.07, 6.45) is 0. The predicted molar refractivity (Wildman–Crippen MR) is 51.9 cm³/mol. The maximum absolute atomic E-state index is 13.3. The molecule has 0 aromatic heterocycles. The first-order valence-electron chi connectivity index (χ1n) is 4.32. The Labute approximate surface area is 89.9 Å². The molecular formula is C9H9F2N3O2. The van der Waals surface area contributed by atoms with Crippen molar-refractivity contribution in [2.24, 2.45) is 5.11 Å². The van der Waals surface area contributed by atoms with Crippen molar-refractivity contribution < 1.29 is 18.6 Å². The fraction of sp³-hybridized carbons (Fsp3) is 0.333. The molecule has 0 aliphatic carbocycles. The molecule has 1 N–H and O–H groups in total. The highest BCUT2D eigenvalue weighted by molar-refractivity contribution is 5.38. The van der Waals surface area contributed by atoms with Crippen LogP contribution >= 0.6 is 0 Å². The third-order valence-corrected chi connectivity index (χ3v) is 2.01. The number of ether oxygens (including phenoxy) is 1. The molecule has 0 saturated carbocycles. The van der Waals surface area contributed by atoms with Crippen molar-refractivity contribution in [1.29, 1.82) is 0 Å². The maximum Gasteiger partial charge on any atom is 0.200 e. The van der Waals surface area contributed by atoms with Gasteiger partial charge in [-0.05, 0) is 11.6 Å². The second kappa shape index (κ2) is 5.29. The maximum atomic E-state index is 13.3. The van der Waals surface area contributed by atoms with Gasteiger partial charge in [-0.1, -0.05) is 11.2 Å². The van der Waals surface area contributed by atoms with Crippen molar-refractivity contribution in [3.63, 3.8) is 0 Å². The fourth-order valence-corrected chi connectivity index (χ4v) is 1.28. The first kappa shape index (κ1) is 12.2. The number of hydrogen-bond acceptors (Lipinski definition) is 3. The van der Waals surface area contributed by atoms with Crippen LogP contribution in [0.4, 0.5) is 8.78 Å². The molecule has 7 heteroatoms. The van der Waals surface area contributed by atoms with Crippen LogP contribution in [0.15, 0.2) is 17.2 Å². The molecule has 1 rings (SSSR count). The van der Waals surface area contributed by atoms with Crippen LogP contribution in [0, 0.1) is 11.6 Å². The molecular weight excluding hydrogens is 220 g/mol. The molecule has 0 aliphatic rings. The van der Waals surface area contributed by atoms with Gasteiger partial charge in [0, 0.05) is 10.5 Å². The van der Waals surface area contributed by atoms with E-state index in [0.717, 1.165) is 13.2 Å². The average Bonchev–Trinajstić information content (AvgIpc) is 2.29. The smallest absolute Gasteiger partial charge is 0.200 e. The van der Waals surface area contributed by atoms with Crippen molar-refractivity contribution in [2.45, 2.75) is 6.04 Å². The van der Waals surface area contributed by atoms with Gasteiger partial charge in [0.15, 0.2) is 11.6 Å². The van der Waals surface area contributed by atoms with Gasteiger partial charge in [-0.3, -0.25) is 0 Å². The van der Waals surface area contributed by atoms with Crippen LogP contribution in [0.2, 0.25) is 0 Å². The van der Waals surface area contributed by atoms with E-state index in [4.69, 9.17) is 10.6 Å². The van der Waals surface area contributed by atoms with E-state index < -0.39 is 24.3 Å². The number of aliphatic hydroxyl groups is 1. The lowest BCUT2D eigenvalue weighted by atomic mass is 10.1. The number of nitrogens with zero attached hydrogens (tertiary/aromatic N) is 3. The Balaban J connectivity index is 3.32. The van der Waals surface area contributed by atoms with Crippen LogP contribution < -0.4 is 4.74 Å². The van der Waals surface area contributed by atoms with Gasteiger partial charge in [-0.25, -0.2) is 4.39 Å². The highest BCUT2D eigenvalue weighted by atomic mass is 19.2. The van der Waals surface area contributed by atoms with Gasteiger partial charge < -0.3 is 9.84 Å². The van der Waals surface area contributed by atoms with Crippen LogP contribution in [0.25, 0.3) is 10.4 Å². The molecule has 1 aromatic carbocycles. The molecule has 1 unspecified atom stereocenters. The normalized spacial score (nSPS) is 11.8. The average molecular weight is 229 g/mol. The monoisotopic (exact) mass is 229 g/mol. The summed E-state index contributed by atoms with van der Waals surface area (Å²) < 4.78 is 30.8. The molecule has 0 amide bonds. The van der Waals surface area contributed by atoms with Crippen LogP contribution in [-0.2, 0) is 0 Å². The number of aliphatic hydroxyl groups excluding tert-OH is 1. The van der Waals surface area contributed by atoms with E-state index in [-0.39, 0.29) is 11.3 Å². The van der Waals surface area contributed by atoms with Crippen molar-refractivity contribution in [3.05, 3.63) is 39.8 Å². The lowest BCUT2D eigenvalue weighted by Crippen LogP contribution is -2.05. The van der Waals surface area contributed by atoms with E-state index in [1.807, 2.05) is 0 Å². The van der Waals surface area contributed by atoms with E-state index in [9.17, 15) is 8.78 Å². The van der Waals surface area contributed by atoms with E-state index in [1.54, 1.807) is 0 Å².